The van der Waals surface area contributed by atoms with Gasteiger partial charge in [-0.05, 0) is 36.6 Å². The largest absolute Gasteiger partial charge is 0.344 e. The number of likely N-dealkylation sites (tertiary alicyclic amines) is 1. The first-order valence-electron chi connectivity index (χ1n) is 6.77. The zero-order valence-corrected chi connectivity index (χ0v) is 11.6. The average molecular weight is 264 g/mol. The van der Waals surface area contributed by atoms with Crippen LogP contribution < -0.4 is 5.32 Å². The molecule has 1 aliphatic carbocycles. The van der Waals surface area contributed by atoms with E-state index in [4.69, 9.17) is 0 Å². The van der Waals surface area contributed by atoms with Gasteiger partial charge in [0.15, 0.2) is 0 Å². The Labute approximate surface area is 112 Å². The summed E-state index contributed by atoms with van der Waals surface area (Å²) in [5.41, 5.74) is 0. The fourth-order valence-corrected chi connectivity index (χ4v) is 3.63. The van der Waals surface area contributed by atoms with Crippen molar-refractivity contribution in [3.05, 3.63) is 22.4 Å². The molecule has 0 bridgehead atoms. The zero-order valence-electron chi connectivity index (χ0n) is 10.8. The summed E-state index contributed by atoms with van der Waals surface area (Å²) in [6.07, 6.45) is 4.36. The first-order valence-corrected chi connectivity index (χ1v) is 7.65. The van der Waals surface area contributed by atoms with Crippen molar-refractivity contribution in [1.29, 1.82) is 0 Å². The quantitative estimate of drug-likeness (QED) is 0.905. The normalized spacial score (nSPS) is 26.4. The number of nitrogens with zero attached hydrogens (tertiary/aromatic N) is 1. The molecule has 3 rings (SSSR count). The van der Waals surface area contributed by atoms with Crippen molar-refractivity contribution in [3.63, 3.8) is 0 Å². The van der Waals surface area contributed by atoms with Crippen LogP contribution >= 0.6 is 11.3 Å². The van der Waals surface area contributed by atoms with Gasteiger partial charge in [-0.3, -0.25) is 4.79 Å². The van der Waals surface area contributed by atoms with Gasteiger partial charge in [-0.25, -0.2) is 0 Å². The highest BCUT2D eigenvalue weighted by Crippen LogP contribution is 2.42. The molecular weight excluding hydrogens is 244 g/mol. The highest BCUT2D eigenvalue weighted by atomic mass is 32.1. The Morgan fingerprint density at radius 2 is 2.28 bits per heavy atom. The summed E-state index contributed by atoms with van der Waals surface area (Å²) in [5, 5.41) is 5.94. The number of thiophene rings is 1. The first-order chi connectivity index (χ1) is 8.74. The summed E-state index contributed by atoms with van der Waals surface area (Å²) in [6.45, 7) is 0.855. The van der Waals surface area contributed by atoms with E-state index in [2.05, 4.69) is 22.8 Å². The minimum atomic E-state index is 0.284. The molecule has 3 nitrogen and oxygen atoms in total. The Bertz CT molecular complexity index is 413. The fourth-order valence-electron chi connectivity index (χ4n) is 2.75. The molecule has 98 valence electrons. The summed E-state index contributed by atoms with van der Waals surface area (Å²) in [6, 6.07) is 5.34. The van der Waals surface area contributed by atoms with E-state index in [-0.39, 0.29) is 5.91 Å². The molecule has 0 aromatic carbocycles. The van der Waals surface area contributed by atoms with Crippen LogP contribution in [0.15, 0.2) is 17.5 Å². The van der Waals surface area contributed by atoms with E-state index in [0.717, 1.165) is 18.9 Å². The average Bonchev–Trinajstić information content (AvgIpc) is 3.05. The molecule has 1 aromatic rings. The third-order valence-electron chi connectivity index (χ3n) is 3.99. The number of amides is 1. The molecule has 4 heteroatoms. The molecular formula is C14H20N2OS. The van der Waals surface area contributed by atoms with E-state index in [1.165, 1.54) is 17.7 Å². The molecule has 1 aromatic heterocycles. The molecule has 1 N–H and O–H groups in total. The predicted molar refractivity (Wildman–Crippen MR) is 73.6 cm³/mol. The zero-order chi connectivity index (χ0) is 12.5. The van der Waals surface area contributed by atoms with Gasteiger partial charge in [0.05, 0.1) is 0 Å². The third kappa shape index (κ3) is 2.59. The predicted octanol–water partition coefficient (Wildman–Crippen LogP) is 2.41. The summed E-state index contributed by atoms with van der Waals surface area (Å²) < 4.78 is 0. The number of piperidine rings is 1. The molecule has 1 saturated heterocycles. The van der Waals surface area contributed by atoms with E-state index in [1.807, 2.05) is 23.3 Å². The topological polar surface area (TPSA) is 32.3 Å². The van der Waals surface area contributed by atoms with E-state index in [1.54, 1.807) is 0 Å². The van der Waals surface area contributed by atoms with Crippen LogP contribution in [0.5, 0.6) is 0 Å². The molecule has 2 unspecified atom stereocenters. The molecule has 2 aliphatic rings. The lowest BCUT2D eigenvalue weighted by Crippen LogP contribution is -2.47. The summed E-state index contributed by atoms with van der Waals surface area (Å²) in [4.78, 5) is 14.8. The highest BCUT2D eigenvalue weighted by Gasteiger charge is 2.35. The first kappa shape index (κ1) is 12.2. The van der Waals surface area contributed by atoms with Crippen LogP contribution in [0.4, 0.5) is 0 Å². The molecule has 2 fully saturated rings. The van der Waals surface area contributed by atoms with Crippen LogP contribution in [-0.4, -0.2) is 30.4 Å². The number of carbonyl (C=O) groups excluding carboxylic acids is 1. The maximum absolute atomic E-state index is 11.5. The second-order valence-corrected chi connectivity index (χ2v) is 6.49. The second-order valence-electron chi connectivity index (χ2n) is 5.51. The standard InChI is InChI=1S/C14H20N2OS/c1-16-9-11(6-7-13(16)17)15-14(10-4-5-10)12-3-2-8-18-12/h2-3,8,10-11,14-15H,4-7,9H2,1H3. The molecule has 0 radical (unpaired) electrons. The number of hydrogen-bond donors (Lipinski definition) is 1. The van der Waals surface area contributed by atoms with Crippen LogP contribution in [0.3, 0.4) is 0 Å². The van der Waals surface area contributed by atoms with Gasteiger partial charge in [0.1, 0.15) is 0 Å². The Morgan fingerprint density at radius 3 is 2.89 bits per heavy atom. The van der Waals surface area contributed by atoms with Crippen LogP contribution in [0.25, 0.3) is 0 Å². The van der Waals surface area contributed by atoms with Crippen molar-refractivity contribution >= 4 is 17.2 Å². The summed E-state index contributed by atoms with van der Waals surface area (Å²) in [5.74, 6) is 1.10. The lowest BCUT2D eigenvalue weighted by atomic mass is 10.0. The molecule has 0 spiro atoms. The molecule has 2 heterocycles. The van der Waals surface area contributed by atoms with Gasteiger partial charge in [0.25, 0.3) is 0 Å². The van der Waals surface area contributed by atoms with Crippen molar-refractivity contribution < 1.29 is 4.79 Å². The second kappa shape index (κ2) is 5.02. The van der Waals surface area contributed by atoms with Gasteiger partial charge in [0, 0.05) is 37.0 Å². The monoisotopic (exact) mass is 264 g/mol. The SMILES string of the molecule is CN1CC(NC(c2cccs2)C2CC2)CCC1=O. The lowest BCUT2D eigenvalue weighted by molar-refractivity contribution is -0.132. The van der Waals surface area contributed by atoms with E-state index in [0.29, 0.717) is 18.5 Å². The minimum Gasteiger partial charge on any atom is -0.344 e. The Balaban J connectivity index is 1.65. The Morgan fingerprint density at radius 1 is 1.44 bits per heavy atom. The highest BCUT2D eigenvalue weighted by molar-refractivity contribution is 7.10. The van der Waals surface area contributed by atoms with E-state index in [9.17, 15) is 4.79 Å². The number of nitrogens with one attached hydrogen (secondary N) is 1. The number of likely N-dealkylation sites (N-methyl/N-ethyl adjacent to an activating group) is 1. The van der Waals surface area contributed by atoms with E-state index < -0.39 is 0 Å². The van der Waals surface area contributed by atoms with Crippen LogP contribution in [0.1, 0.15) is 36.6 Å². The summed E-state index contributed by atoms with van der Waals surface area (Å²) in [7, 11) is 1.91. The van der Waals surface area contributed by atoms with Crippen LogP contribution in [0, 0.1) is 5.92 Å². The smallest absolute Gasteiger partial charge is 0.222 e. The molecule has 2 atom stereocenters. The molecule has 18 heavy (non-hydrogen) atoms. The van der Waals surface area contributed by atoms with Crippen molar-refractivity contribution in [2.75, 3.05) is 13.6 Å². The molecule has 1 amide bonds. The number of hydrogen-bond acceptors (Lipinski definition) is 3. The van der Waals surface area contributed by atoms with Crippen molar-refractivity contribution in [3.8, 4) is 0 Å². The van der Waals surface area contributed by atoms with Crippen LogP contribution in [-0.2, 0) is 4.79 Å². The van der Waals surface area contributed by atoms with Gasteiger partial charge in [-0.15, -0.1) is 11.3 Å². The lowest BCUT2D eigenvalue weighted by Gasteiger charge is -2.33. The Kier molecular flexibility index (Phi) is 3.39. The van der Waals surface area contributed by atoms with Gasteiger partial charge in [0.2, 0.25) is 5.91 Å². The molecule has 1 aliphatic heterocycles. The van der Waals surface area contributed by atoms with Gasteiger partial charge >= 0.3 is 0 Å². The van der Waals surface area contributed by atoms with Crippen LogP contribution in [0.2, 0.25) is 0 Å². The maximum Gasteiger partial charge on any atom is 0.222 e. The minimum absolute atomic E-state index is 0.284. The maximum atomic E-state index is 11.5. The van der Waals surface area contributed by atoms with E-state index >= 15 is 0 Å². The Hall–Kier alpha value is -0.870. The van der Waals surface area contributed by atoms with Crippen molar-refractivity contribution in [1.82, 2.24) is 10.2 Å². The van der Waals surface area contributed by atoms with Gasteiger partial charge in [-0.2, -0.15) is 0 Å². The van der Waals surface area contributed by atoms with Gasteiger partial charge in [-0.1, -0.05) is 6.07 Å². The number of rotatable bonds is 4. The van der Waals surface area contributed by atoms with Crippen molar-refractivity contribution in [2.45, 2.75) is 37.8 Å². The summed E-state index contributed by atoms with van der Waals surface area (Å²) >= 11 is 1.85. The third-order valence-corrected chi connectivity index (χ3v) is 4.94. The van der Waals surface area contributed by atoms with Crippen molar-refractivity contribution in [2.24, 2.45) is 5.92 Å². The molecule has 1 saturated carbocycles. The number of carbonyl (C=O) groups is 1. The fraction of sp³-hybridized carbons (Fsp3) is 0.643. The van der Waals surface area contributed by atoms with Gasteiger partial charge < -0.3 is 10.2 Å².